The van der Waals surface area contributed by atoms with Crippen molar-refractivity contribution in [2.45, 2.75) is 51.2 Å². The van der Waals surface area contributed by atoms with E-state index < -0.39 is 10.0 Å². The molecule has 0 spiro atoms. The number of piperidine rings is 1. The van der Waals surface area contributed by atoms with Crippen molar-refractivity contribution in [2.24, 2.45) is 0 Å². The number of ether oxygens (including phenoxy) is 1. The average molecular weight is 316 g/mol. The zero-order chi connectivity index (χ0) is 15.6. The zero-order valence-corrected chi connectivity index (χ0v) is 13.9. The van der Waals surface area contributed by atoms with Crippen LogP contribution in [-0.2, 0) is 10.0 Å². The van der Waals surface area contributed by atoms with Gasteiger partial charge in [-0.3, -0.25) is 0 Å². The van der Waals surface area contributed by atoms with Crippen LogP contribution in [0.1, 0.15) is 50.4 Å². The van der Waals surface area contributed by atoms with Crippen molar-refractivity contribution in [3.63, 3.8) is 0 Å². The van der Waals surface area contributed by atoms with E-state index in [1.165, 1.54) is 0 Å². The molecular weight excluding hydrogens is 292 g/mol. The Labute approximate surface area is 126 Å². The van der Waals surface area contributed by atoms with Crippen LogP contribution in [0.3, 0.4) is 0 Å². The predicted molar refractivity (Wildman–Crippen MR) is 80.0 cm³/mol. The van der Waals surface area contributed by atoms with Crippen LogP contribution in [-0.4, -0.2) is 43.3 Å². The molecule has 1 aliphatic rings. The average Bonchev–Trinajstić information content (AvgIpc) is 2.87. The van der Waals surface area contributed by atoms with Crippen molar-refractivity contribution in [1.82, 2.24) is 9.46 Å². The van der Waals surface area contributed by atoms with Crippen LogP contribution in [0.2, 0.25) is 0 Å². The molecule has 1 unspecified atom stereocenters. The molecule has 7 heteroatoms. The lowest BCUT2D eigenvalue weighted by molar-refractivity contribution is 0.267. The fraction of sp³-hybridized carbons (Fsp3) is 0.786. The topological polar surface area (TPSA) is 72.6 Å². The molecule has 6 nitrogen and oxygen atoms in total. The second-order valence-electron chi connectivity index (χ2n) is 5.62. The number of aromatic nitrogens is 1. The highest BCUT2D eigenvalue weighted by Crippen LogP contribution is 2.34. The van der Waals surface area contributed by atoms with Crippen molar-refractivity contribution < 1.29 is 17.7 Å². The first-order valence-corrected chi connectivity index (χ1v) is 8.91. The molecule has 0 amide bonds. The predicted octanol–water partition coefficient (Wildman–Crippen LogP) is 2.30. The fourth-order valence-electron chi connectivity index (χ4n) is 2.74. The SMILES string of the molecule is CCC(C)S(=O)(=O)N1CCC(c2onc(OC)c2C)CC1. The van der Waals surface area contributed by atoms with Crippen molar-refractivity contribution in [2.75, 3.05) is 20.2 Å². The van der Waals surface area contributed by atoms with E-state index in [4.69, 9.17) is 9.26 Å². The van der Waals surface area contributed by atoms with Crippen molar-refractivity contribution in [1.29, 1.82) is 0 Å². The highest BCUT2D eigenvalue weighted by Gasteiger charge is 2.33. The monoisotopic (exact) mass is 316 g/mol. The summed E-state index contributed by atoms with van der Waals surface area (Å²) in [6.45, 7) is 6.68. The van der Waals surface area contributed by atoms with Gasteiger partial charge in [-0.2, -0.15) is 0 Å². The third kappa shape index (κ3) is 3.08. The van der Waals surface area contributed by atoms with Crippen molar-refractivity contribution in [3.8, 4) is 5.88 Å². The summed E-state index contributed by atoms with van der Waals surface area (Å²) >= 11 is 0. The van der Waals surface area contributed by atoms with Gasteiger partial charge in [-0.15, -0.1) is 0 Å². The lowest BCUT2D eigenvalue weighted by atomic mass is 9.93. The fourth-order valence-corrected chi connectivity index (χ4v) is 4.39. The van der Waals surface area contributed by atoms with Crippen LogP contribution in [0.25, 0.3) is 0 Å². The molecule has 21 heavy (non-hydrogen) atoms. The molecule has 0 N–H and O–H groups in total. The van der Waals surface area contributed by atoms with Gasteiger partial charge in [0.15, 0.2) is 0 Å². The molecule has 1 atom stereocenters. The van der Waals surface area contributed by atoms with Gasteiger partial charge in [0.2, 0.25) is 10.0 Å². The number of rotatable bonds is 5. The van der Waals surface area contributed by atoms with Gasteiger partial charge in [-0.1, -0.05) is 6.92 Å². The summed E-state index contributed by atoms with van der Waals surface area (Å²) in [6, 6.07) is 0. The van der Waals surface area contributed by atoms with Crippen LogP contribution < -0.4 is 4.74 Å². The molecule has 2 heterocycles. The van der Waals surface area contributed by atoms with E-state index in [1.807, 2.05) is 13.8 Å². The van der Waals surface area contributed by atoms with Crippen molar-refractivity contribution in [3.05, 3.63) is 11.3 Å². The largest absolute Gasteiger partial charge is 0.479 e. The Kier molecular flexibility index (Phi) is 4.93. The summed E-state index contributed by atoms with van der Waals surface area (Å²) in [7, 11) is -1.60. The molecule has 1 aromatic rings. The molecule has 0 bridgehead atoms. The van der Waals surface area contributed by atoms with E-state index in [1.54, 1.807) is 18.3 Å². The van der Waals surface area contributed by atoms with Gasteiger partial charge in [0, 0.05) is 19.0 Å². The van der Waals surface area contributed by atoms with Gasteiger partial charge in [-0.25, -0.2) is 12.7 Å². The molecule has 120 valence electrons. The Bertz CT molecular complexity index is 574. The minimum Gasteiger partial charge on any atom is -0.479 e. The highest BCUT2D eigenvalue weighted by molar-refractivity contribution is 7.89. The standard InChI is InChI=1S/C14H24N2O4S/c1-5-10(2)21(17,18)16-8-6-12(7-9-16)13-11(3)14(19-4)15-20-13/h10,12H,5-9H2,1-4H3. The van der Waals surface area contributed by atoms with E-state index in [0.717, 1.165) is 24.2 Å². The Morgan fingerprint density at radius 2 is 2.05 bits per heavy atom. The smallest absolute Gasteiger partial charge is 0.257 e. The summed E-state index contributed by atoms with van der Waals surface area (Å²) < 4.78 is 36.8. The Hall–Kier alpha value is -1.08. The molecule has 1 aliphatic heterocycles. The quantitative estimate of drug-likeness (QED) is 0.833. The zero-order valence-electron chi connectivity index (χ0n) is 13.1. The Morgan fingerprint density at radius 1 is 1.43 bits per heavy atom. The van der Waals surface area contributed by atoms with E-state index >= 15 is 0 Å². The summed E-state index contributed by atoms with van der Waals surface area (Å²) in [5.41, 5.74) is 0.917. The molecule has 1 aromatic heterocycles. The molecular formula is C14H24N2O4S. The lowest BCUT2D eigenvalue weighted by Gasteiger charge is -2.32. The molecule has 0 aliphatic carbocycles. The summed E-state index contributed by atoms with van der Waals surface area (Å²) in [6.07, 6.45) is 2.16. The molecule has 0 aromatic carbocycles. The van der Waals surface area contributed by atoms with E-state index in [-0.39, 0.29) is 11.2 Å². The van der Waals surface area contributed by atoms with Gasteiger partial charge in [0.05, 0.1) is 17.9 Å². The third-order valence-electron chi connectivity index (χ3n) is 4.38. The number of nitrogens with zero attached hydrogens (tertiary/aromatic N) is 2. The third-order valence-corrected chi connectivity index (χ3v) is 6.81. The van der Waals surface area contributed by atoms with Gasteiger partial charge in [0.25, 0.3) is 5.88 Å². The molecule has 0 saturated carbocycles. The van der Waals surface area contributed by atoms with E-state index in [9.17, 15) is 8.42 Å². The second-order valence-corrected chi connectivity index (χ2v) is 7.97. The Balaban J connectivity index is 2.05. The van der Waals surface area contributed by atoms with Gasteiger partial charge < -0.3 is 9.26 Å². The first-order valence-electron chi connectivity index (χ1n) is 7.40. The summed E-state index contributed by atoms with van der Waals surface area (Å²) in [5.74, 6) is 1.55. The molecule has 2 rings (SSSR count). The van der Waals surface area contributed by atoms with Crippen LogP contribution in [0.5, 0.6) is 5.88 Å². The maximum atomic E-state index is 12.3. The second kappa shape index (κ2) is 6.36. The lowest BCUT2D eigenvalue weighted by Crippen LogP contribution is -2.42. The molecule has 1 fully saturated rings. The van der Waals surface area contributed by atoms with Crippen LogP contribution in [0.4, 0.5) is 0 Å². The normalized spacial score (nSPS) is 19.6. The van der Waals surface area contributed by atoms with E-state index in [2.05, 4.69) is 5.16 Å². The van der Waals surface area contributed by atoms with Crippen LogP contribution >= 0.6 is 0 Å². The van der Waals surface area contributed by atoms with E-state index in [0.29, 0.717) is 25.4 Å². The summed E-state index contributed by atoms with van der Waals surface area (Å²) in [4.78, 5) is 0. The number of sulfonamides is 1. The van der Waals surface area contributed by atoms with Gasteiger partial charge >= 0.3 is 0 Å². The van der Waals surface area contributed by atoms with Gasteiger partial charge in [-0.05, 0) is 38.3 Å². The maximum Gasteiger partial charge on any atom is 0.257 e. The van der Waals surface area contributed by atoms with Crippen LogP contribution in [0.15, 0.2) is 4.52 Å². The highest BCUT2D eigenvalue weighted by atomic mass is 32.2. The number of methoxy groups -OCH3 is 1. The van der Waals surface area contributed by atoms with Crippen molar-refractivity contribution >= 4 is 10.0 Å². The minimum absolute atomic E-state index is 0.213. The van der Waals surface area contributed by atoms with Gasteiger partial charge in [0.1, 0.15) is 5.76 Å². The number of hydrogen-bond acceptors (Lipinski definition) is 5. The molecule has 0 radical (unpaired) electrons. The summed E-state index contributed by atoms with van der Waals surface area (Å²) in [5, 5.41) is 3.57. The first-order chi connectivity index (χ1) is 9.91. The number of hydrogen-bond donors (Lipinski definition) is 0. The first kappa shape index (κ1) is 16.3. The maximum absolute atomic E-state index is 12.3. The van der Waals surface area contributed by atoms with Crippen LogP contribution in [0, 0.1) is 6.92 Å². The molecule has 1 saturated heterocycles. The Morgan fingerprint density at radius 3 is 2.52 bits per heavy atom. The minimum atomic E-state index is -3.16.